The number of hydrogen-bond acceptors (Lipinski definition) is 5. The lowest BCUT2D eigenvalue weighted by Gasteiger charge is -2.31. The molecule has 1 unspecified atom stereocenters. The maximum absolute atomic E-state index is 12.9. The first-order chi connectivity index (χ1) is 14.6. The number of carbonyl (C=O) groups is 2. The number of fused-ring (bicyclic) bond motifs is 1. The fourth-order valence-electron chi connectivity index (χ4n) is 4.18. The third-order valence-corrected chi connectivity index (χ3v) is 5.88. The Labute approximate surface area is 175 Å². The van der Waals surface area contributed by atoms with Crippen LogP contribution in [0.25, 0.3) is 11.0 Å². The molecule has 2 aliphatic heterocycles. The fraction of sp³-hybridized carbons (Fsp3) is 0.545. The van der Waals surface area contributed by atoms with E-state index in [1.807, 2.05) is 23.1 Å². The van der Waals surface area contributed by atoms with Crippen LogP contribution in [-0.4, -0.2) is 71.0 Å². The number of nitrogens with one attached hydrogen (secondary N) is 1. The van der Waals surface area contributed by atoms with E-state index in [4.69, 9.17) is 4.74 Å². The van der Waals surface area contributed by atoms with Gasteiger partial charge in [-0.3, -0.25) is 14.4 Å². The molecule has 2 aliphatic rings. The number of hydrogen-bond donors (Lipinski definition) is 1. The topological polar surface area (TPSA) is 95.6 Å². The average molecular weight is 412 g/mol. The Kier molecular flexibility index (Phi) is 6.42. The number of rotatable bonds is 4. The molecule has 0 bridgehead atoms. The van der Waals surface area contributed by atoms with Crippen molar-refractivity contribution in [2.75, 3.05) is 39.4 Å². The molecule has 2 amide bonds. The van der Waals surface area contributed by atoms with E-state index in [1.165, 1.54) is 0 Å². The molecule has 3 heterocycles. The van der Waals surface area contributed by atoms with E-state index in [0.29, 0.717) is 43.0 Å². The van der Waals surface area contributed by atoms with Crippen molar-refractivity contribution in [1.29, 1.82) is 0 Å². The summed E-state index contributed by atoms with van der Waals surface area (Å²) in [5.74, 6) is -0.315. The number of amides is 2. The van der Waals surface area contributed by atoms with Gasteiger partial charge in [0.2, 0.25) is 11.8 Å². The number of benzene rings is 1. The molecule has 4 rings (SSSR count). The second-order valence-corrected chi connectivity index (χ2v) is 8.03. The molecule has 0 radical (unpaired) electrons. The summed E-state index contributed by atoms with van der Waals surface area (Å²) in [6.45, 7) is 3.19. The van der Waals surface area contributed by atoms with Crippen molar-refractivity contribution in [2.24, 2.45) is 5.92 Å². The van der Waals surface area contributed by atoms with Crippen molar-refractivity contribution in [2.45, 2.75) is 32.1 Å². The van der Waals surface area contributed by atoms with Crippen molar-refractivity contribution >= 4 is 22.8 Å². The maximum Gasteiger partial charge on any atom is 0.270 e. The molecule has 2 aromatic rings. The predicted octanol–water partition coefficient (Wildman–Crippen LogP) is 1.34. The summed E-state index contributed by atoms with van der Waals surface area (Å²) in [5.41, 5.74) is 1.48. The van der Waals surface area contributed by atoms with Crippen LogP contribution < -0.4 is 5.56 Å². The molecule has 1 aromatic heterocycles. The van der Waals surface area contributed by atoms with Gasteiger partial charge in [-0.15, -0.1) is 0 Å². The van der Waals surface area contributed by atoms with Gasteiger partial charge in [-0.2, -0.15) is 0 Å². The zero-order valence-corrected chi connectivity index (χ0v) is 17.1. The molecular weight excluding hydrogens is 384 g/mol. The van der Waals surface area contributed by atoms with Crippen LogP contribution in [0.2, 0.25) is 0 Å². The molecular formula is C22H28N4O4. The predicted molar refractivity (Wildman–Crippen MR) is 112 cm³/mol. The number of aryl methyl sites for hydroxylation is 1. The SMILES string of the molecule is O=C(CCc1nc2ccccc2[nH]c1=O)N1CCOCC(C(=O)N2CCCCC2)C1. The fourth-order valence-corrected chi connectivity index (χ4v) is 4.18. The quantitative estimate of drug-likeness (QED) is 0.818. The van der Waals surface area contributed by atoms with Crippen LogP contribution in [-0.2, 0) is 20.7 Å². The van der Waals surface area contributed by atoms with Gasteiger partial charge in [0.15, 0.2) is 0 Å². The maximum atomic E-state index is 12.9. The molecule has 0 spiro atoms. The van der Waals surface area contributed by atoms with E-state index < -0.39 is 0 Å². The van der Waals surface area contributed by atoms with Crippen LogP contribution in [0.4, 0.5) is 0 Å². The summed E-state index contributed by atoms with van der Waals surface area (Å²) >= 11 is 0. The van der Waals surface area contributed by atoms with Crippen LogP contribution >= 0.6 is 0 Å². The Hall–Kier alpha value is -2.74. The number of likely N-dealkylation sites (tertiary alicyclic amines) is 1. The summed E-state index contributed by atoms with van der Waals surface area (Å²) in [5, 5.41) is 0. The number of aromatic nitrogens is 2. The molecule has 30 heavy (non-hydrogen) atoms. The Bertz CT molecular complexity index is 967. The molecule has 0 saturated carbocycles. The molecule has 8 heteroatoms. The second-order valence-electron chi connectivity index (χ2n) is 8.03. The Balaban J connectivity index is 1.39. The van der Waals surface area contributed by atoms with Crippen LogP contribution in [0.5, 0.6) is 0 Å². The van der Waals surface area contributed by atoms with Gasteiger partial charge in [-0.05, 0) is 31.4 Å². The third-order valence-electron chi connectivity index (χ3n) is 5.88. The third kappa shape index (κ3) is 4.70. The smallest absolute Gasteiger partial charge is 0.270 e. The molecule has 8 nitrogen and oxygen atoms in total. The van der Waals surface area contributed by atoms with Gasteiger partial charge in [0.05, 0.1) is 30.2 Å². The first kappa shape index (κ1) is 20.5. The molecule has 0 aliphatic carbocycles. The number of para-hydroxylation sites is 2. The van der Waals surface area contributed by atoms with E-state index in [2.05, 4.69) is 9.97 Å². The van der Waals surface area contributed by atoms with Crippen LogP contribution in [0, 0.1) is 5.92 Å². The summed E-state index contributed by atoms with van der Waals surface area (Å²) in [4.78, 5) is 48.8. The van der Waals surface area contributed by atoms with E-state index in [-0.39, 0.29) is 36.1 Å². The lowest BCUT2D eigenvalue weighted by atomic mass is 10.0. The second kappa shape index (κ2) is 9.38. The van der Waals surface area contributed by atoms with E-state index in [0.717, 1.165) is 32.4 Å². The largest absolute Gasteiger partial charge is 0.379 e. The number of carbonyl (C=O) groups excluding carboxylic acids is 2. The molecule has 1 N–H and O–H groups in total. The van der Waals surface area contributed by atoms with Crippen LogP contribution in [0.3, 0.4) is 0 Å². The van der Waals surface area contributed by atoms with Gasteiger partial charge in [0, 0.05) is 39.0 Å². The standard InChI is InChI=1S/C22H28N4O4/c27-20(9-8-19-21(28)24-18-7-3-2-6-17(18)23-19)26-12-13-30-15-16(14-26)22(29)25-10-4-1-5-11-25/h2-3,6-7,16H,1,4-5,8-15H2,(H,24,28). The summed E-state index contributed by atoms with van der Waals surface area (Å²) in [6, 6.07) is 7.33. The minimum absolute atomic E-state index is 0.0775. The van der Waals surface area contributed by atoms with Crippen molar-refractivity contribution in [3.63, 3.8) is 0 Å². The van der Waals surface area contributed by atoms with Crippen LogP contribution in [0.1, 0.15) is 31.4 Å². The molecule has 1 aromatic carbocycles. The lowest BCUT2D eigenvalue weighted by molar-refractivity contribution is -0.139. The van der Waals surface area contributed by atoms with E-state index in [9.17, 15) is 14.4 Å². The minimum atomic E-state index is -0.322. The van der Waals surface area contributed by atoms with E-state index in [1.54, 1.807) is 11.0 Å². The van der Waals surface area contributed by atoms with Crippen LogP contribution in [0.15, 0.2) is 29.1 Å². The van der Waals surface area contributed by atoms with Gasteiger partial charge in [-0.25, -0.2) is 4.98 Å². The number of piperidine rings is 1. The highest BCUT2D eigenvalue weighted by molar-refractivity contribution is 5.81. The van der Waals surface area contributed by atoms with Crippen molar-refractivity contribution in [1.82, 2.24) is 19.8 Å². The molecule has 1 atom stereocenters. The number of aromatic amines is 1. The van der Waals surface area contributed by atoms with Gasteiger partial charge in [0.1, 0.15) is 5.69 Å². The van der Waals surface area contributed by atoms with Gasteiger partial charge in [-0.1, -0.05) is 12.1 Å². The zero-order valence-electron chi connectivity index (χ0n) is 17.1. The van der Waals surface area contributed by atoms with Gasteiger partial charge < -0.3 is 19.5 Å². The summed E-state index contributed by atoms with van der Waals surface area (Å²) in [7, 11) is 0. The highest BCUT2D eigenvalue weighted by Crippen LogP contribution is 2.16. The Morgan fingerprint density at radius 1 is 1.10 bits per heavy atom. The monoisotopic (exact) mass is 412 g/mol. The summed E-state index contributed by atoms with van der Waals surface area (Å²) < 4.78 is 5.62. The minimum Gasteiger partial charge on any atom is -0.379 e. The number of nitrogens with zero attached hydrogens (tertiary/aromatic N) is 3. The number of H-pyrrole nitrogens is 1. The van der Waals surface area contributed by atoms with Crippen molar-refractivity contribution in [3.05, 3.63) is 40.3 Å². The average Bonchev–Trinajstić information content (AvgIpc) is 3.04. The Morgan fingerprint density at radius 2 is 1.90 bits per heavy atom. The highest BCUT2D eigenvalue weighted by Gasteiger charge is 2.31. The molecule has 2 saturated heterocycles. The van der Waals surface area contributed by atoms with E-state index >= 15 is 0 Å². The molecule has 160 valence electrons. The zero-order chi connectivity index (χ0) is 20.9. The van der Waals surface area contributed by atoms with Crippen molar-refractivity contribution < 1.29 is 14.3 Å². The first-order valence-corrected chi connectivity index (χ1v) is 10.7. The Morgan fingerprint density at radius 3 is 2.73 bits per heavy atom. The van der Waals surface area contributed by atoms with Gasteiger partial charge >= 0.3 is 0 Å². The normalized spacial score (nSPS) is 20.2. The molecule has 2 fully saturated rings. The lowest BCUT2D eigenvalue weighted by Crippen LogP contribution is -2.45. The van der Waals surface area contributed by atoms with Gasteiger partial charge in [0.25, 0.3) is 5.56 Å². The highest BCUT2D eigenvalue weighted by atomic mass is 16.5. The first-order valence-electron chi connectivity index (χ1n) is 10.7. The number of ether oxygens (including phenoxy) is 1. The van der Waals surface area contributed by atoms with Crippen molar-refractivity contribution in [3.8, 4) is 0 Å². The summed E-state index contributed by atoms with van der Waals surface area (Å²) in [6.07, 6.45) is 3.68.